The number of amides is 2. The van der Waals surface area contributed by atoms with Crippen molar-refractivity contribution in [2.24, 2.45) is 5.73 Å². The lowest BCUT2D eigenvalue weighted by molar-refractivity contribution is -0.145. The van der Waals surface area contributed by atoms with Gasteiger partial charge in [-0.15, -0.1) is 11.3 Å². The number of aliphatic hydroxyl groups excluding tert-OH is 1. The van der Waals surface area contributed by atoms with Gasteiger partial charge in [0.15, 0.2) is 6.10 Å². The molecule has 144 valence electrons. The van der Waals surface area contributed by atoms with Gasteiger partial charge in [0.2, 0.25) is 5.91 Å². The first-order valence-electron chi connectivity index (χ1n) is 9.17. The number of rotatable bonds is 7. The molecule has 1 aliphatic rings. The fraction of sp³-hybridized carbons (Fsp3) is 0.400. The second-order valence-corrected chi connectivity index (χ2v) is 7.72. The van der Waals surface area contributed by atoms with E-state index in [-0.39, 0.29) is 6.04 Å². The minimum atomic E-state index is -1.55. The van der Waals surface area contributed by atoms with Gasteiger partial charge in [0.05, 0.1) is 6.04 Å². The van der Waals surface area contributed by atoms with Crippen molar-refractivity contribution in [2.75, 3.05) is 13.1 Å². The van der Waals surface area contributed by atoms with Crippen LogP contribution < -0.4 is 11.1 Å². The van der Waals surface area contributed by atoms with E-state index in [1.54, 1.807) is 16.2 Å². The highest BCUT2D eigenvalue weighted by Crippen LogP contribution is 2.32. The Kier molecular flexibility index (Phi) is 6.60. The number of hydrogen-bond acceptors (Lipinski definition) is 5. The topological polar surface area (TPSA) is 95.7 Å². The molecule has 2 amide bonds. The van der Waals surface area contributed by atoms with E-state index >= 15 is 0 Å². The Bertz CT molecular complexity index is 751. The van der Waals surface area contributed by atoms with E-state index in [9.17, 15) is 14.7 Å². The van der Waals surface area contributed by atoms with Crippen molar-refractivity contribution in [1.29, 1.82) is 0 Å². The molecule has 1 unspecified atom stereocenters. The number of aliphatic hydroxyl groups is 1. The van der Waals surface area contributed by atoms with E-state index in [1.807, 2.05) is 47.8 Å². The van der Waals surface area contributed by atoms with Crippen molar-refractivity contribution < 1.29 is 14.7 Å². The Labute approximate surface area is 163 Å². The average Bonchev–Trinajstić information content (AvgIpc) is 3.38. The molecule has 7 heteroatoms. The summed E-state index contributed by atoms with van der Waals surface area (Å²) in [5.74, 6) is -0.995. The van der Waals surface area contributed by atoms with Crippen LogP contribution in [0.4, 0.5) is 0 Å². The predicted octanol–water partition coefficient (Wildman–Crippen LogP) is 1.46. The van der Waals surface area contributed by atoms with E-state index < -0.39 is 24.0 Å². The molecule has 4 N–H and O–H groups in total. The quantitative estimate of drug-likeness (QED) is 0.670. The summed E-state index contributed by atoms with van der Waals surface area (Å²) in [4.78, 5) is 27.8. The Balaban J connectivity index is 1.56. The van der Waals surface area contributed by atoms with E-state index in [0.29, 0.717) is 19.5 Å². The number of nitrogens with two attached hydrogens (primary N) is 1. The highest BCUT2D eigenvalue weighted by molar-refractivity contribution is 7.09. The maximum absolute atomic E-state index is 12.8. The number of benzene rings is 1. The van der Waals surface area contributed by atoms with Crippen molar-refractivity contribution in [3.8, 4) is 0 Å². The molecule has 0 aliphatic carbocycles. The second-order valence-electron chi connectivity index (χ2n) is 6.69. The molecule has 0 spiro atoms. The molecule has 3 rings (SSSR count). The molecule has 3 atom stereocenters. The van der Waals surface area contributed by atoms with Gasteiger partial charge in [0.25, 0.3) is 5.91 Å². The lowest BCUT2D eigenvalue weighted by Gasteiger charge is -2.29. The van der Waals surface area contributed by atoms with Crippen LogP contribution in [-0.2, 0) is 16.0 Å². The summed E-state index contributed by atoms with van der Waals surface area (Å²) in [6.45, 7) is 0.979. The minimum absolute atomic E-state index is 0.0811. The van der Waals surface area contributed by atoms with Gasteiger partial charge in [-0.3, -0.25) is 9.59 Å². The van der Waals surface area contributed by atoms with Crippen molar-refractivity contribution >= 4 is 23.2 Å². The molecular weight excluding hydrogens is 362 g/mol. The first-order valence-corrected chi connectivity index (χ1v) is 10.0. The molecule has 0 radical (unpaired) electrons. The molecular formula is C20H25N3O3S. The fourth-order valence-electron chi connectivity index (χ4n) is 3.40. The maximum atomic E-state index is 12.8. The lowest BCUT2D eigenvalue weighted by atomic mass is 10.0. The lowest BCUT2D eigenvalue weighted by Crippen LogP contribution is -2.55. The van der Waals surface area contributed by atoms with Crippen molar-refractivity contribution in [1.82, 2.24) is 10.2 Å². The Morgan fingerprint density at radius 3 is 2.74 bits per heavy atom. The number of likely N-dealkylation sites (tertiary alicyclic amines) is 1. The first kappa shape index (κ1) is 19.5. The van der Waals surface area contributed by atoms with Crippen LogP contribution in [0.15, 0.2) is 47.8 Å². The van der Waals surface area contributed by atoms with Gasteiger partial charge in [-0.05, 0) is 36.3 Å². The number of thiophene rings is 1. The molecule has 27 heavy (non-hydrogen) atoms. The summed E-state index contributed by atoms with van der Waals surface area (Å²) in [6, 6.07) is 12.3. The summed E-state index contributed by atoms with van der Waals surface area (Å²) in [6.07, 6.45) is 0.851. The highest BCUT2D eigenvalue weighted by atomic mass is 32.1. The van der Waals surface area contributed by atoms with Gasteiger partial charge in [0.1, 0.15) is 6.04 Å². The van der Waals surface area contributed by atoms with Crippen LogP contribution >= 0.6 is 11.3 Å². The molecule has 2 heterocycles. The number of nitrogens with one attached hydrogen (secondary N) is 1. The number of carbonyl (C=O) groups is 2. The molecule has 6 nitrogen and oxygen atoms in total. The summed E-state index contributed by atoms with van der Waals surface area (Å²) in [7, 11) is 0. The largest absolute Gasteiger partial charge is 0.381 e. The molecule has 1 aromatic carbocycles. The van der Waals surface area contributed by atoms with Gasteiger partial charge < -0.3 is 21.1 Å². The third-order valence-electron chi connectivity index (χ3n) is 4.87. The Morgan fingerprint density at radius 2 is 2.04 bits per heavy atom. The van der Waals surface area contributed by atoms with E-state index in [0.717, 1.165) is 23.3 Å². The first-order chi connectivity index (χ1) is 13.1. The maximum Gasteiger partial charge on any atom is 0.254 e. The van der Waals surface area contributed by atoms with Crippen LogP contribution in [0.3, 0.4) is 0 Å². The highest BCUT2D eigenvalue weighted by Gasteiger charge is 2.37. The number of nitrogens with zero attached hydrogens (tertiary/aromatic N) is 1. The molecule has 1 saturated heterocycles. The van der Waals surface area contributed by atoms with Crippen LogP contribution in [0.5, 0.6) is 0 Å². The van der Waals surface area contributed by atoms with Crippen molar-refractivity contribution in [3.05, 3.63) is 58.3 Å². The van der Waals surface area contributed by atoms with Gasteiger partial charge in [-0.25, -0.2) is 0 Å². The van der Waals surface area contributed by atoms with E-state index in [4.69, 9.17) is 5.73 Å². The van der Waals surface area contributed by atoms with Crippen molar-refractivity contribution in [3.63, 3.8) is 0 Å². The van der Waals surface area contributed by atoms with Gasteiger partial charge in [-0.1, -0.05) is 36.4 Å². The Hall–Kier alpha value is -2.22. The van der Waals surface area contributed by atoms with Gasteiger partial charge >= 0.3 is 0 Å². The van der Waals surface area contributed by atoms with Crippen LogP contribution in [0.2, 0.25) is 0 Å². The zero-order valence-electron chi connectivity index (χ0n) is 15.1. The molecule has 0 saturated carbocycles. The van der Waals surface area contributed by atoms with Gasteiger partial charge in [-0.2, -0.15) is 0 Å². The Morgan fingerprint density at radius 1 is 1.26 bits per heavy atom. The monoisotopic (exact) mass is 387 g/mol. The van der Waals surface area contributed by atoms with Crippen LogP contribution in [0, 0.1) is 0 Å². The number of hydrogen-bond donors (Lipinski definition) is 3. The molecule has 2 aromatic rings. The summed E-state index contributed by atoms with van der Waals surface area (Å²) >= 11 is 1.62. The summed E-state index contributed by atoms with van der Waals surface area (Å²) in [5, 5.41) is 15.1. The van der Waals surface area contributed by atoms with Crippen LogP contribution in [-0.4, -0.2) is 47.1 Å². The predicted molar refractivity (Wildman–Crippen MR) is 105 cm³/mol. The SMILES string of the molecule is N[C@@H](C(=O)NCCc1cccs1)[C@@H](O)C(=O)N1CCCC1c1ccccc1. The molecule has 1 aliphatic heterocycles. The smallest absolute Gasteiger partial charge is 0.254 e. The molecule has 1 aromatic heterocycles. The fourth-order valence-corrected chi connectivity index (χ4v) is 4.11. The minimum Gasteiger partial charge on any atom is -0.381 e. The van der Waals surface area contributed by atoms with Crippen molar-refractivity contribution in [2.45, 2.75) is 37.5 Å². The summed E-state index contributed by atoms with van der Waals surface area (Å²) < 4.78 is 0. The molecule has 0 bridgehead atoms. The van der Waals surface area contributed by atoms with E-state index in [1.165, 1.54) is 0 Å². The summed E-state index contributed by atoms with van der Waals surface area (Å²) in [5.41, 5.74) is 6.90. The zero-order valence-corrected chi connectivity index (χ0v) is 15.9. The average molecular weight is 388 g/mol. The van der Waals surface area contributed by atoms with E-state index in [2.05, 4.69) is 5.32 Å². The third kappa shape index (κ3) is 4.74. The number of carbonyl (C=O) groups excluding carboxylic acids is 2. The van der Waals surface area contributed by atoms with Crippen LogP contribution in [0.1, 0.15) is 29.3 Å². The normalized spacial score (nSPS) is 18.9. The molecule has 1 fully saturated rings. The third-order valence-corrected chi connectivity index (χ3v) is 5.80. The zero-order chi connectivity index (χ0) is 19.2. The van der Waals surface area contributed by atoms with Gasteiger partial charge in [0, 0.05) is 18.0 Å². The standard InChI is InChI=1S/C20H25N3O3S/c21-17(19(25)22-11-10-15-8-5-13-27-15)18(24)20(26)23-12-4-9-16(23)14-6-2-1-3-7-14/h1-3,5-8,13,16-18,24H,4,9-12,21H2,(H,22,25)/t16?,17-,18-/m1/s1. The second kappa shape index (κ2) is 9.12. The van der Waals surface area contributed by atoms with Crippen LogP contribution in [0.25, 0.3) is 0 Å².